The molecule has 0 N–H and O–H groups in total. The first kappa shape index (κ1) is 29.1. The molecule has 0 radical (unpaired) electrons. The maximum atomic E-state index is 6.40. The summed E-state index contributed by atoms with van der Waals surface area (Å²) < 4.78 is 6.40. The van der Waals surface area contributed by atoms with Crippen LogP contribution in [0.15, 0.2) is 186 Å². The van der Waals surface area contributed by atoms with E-state index in [1.54, 1.807) is 0 Å². The van der Waals surface area contributed by atoms with E-state index < -0.39 is 0 Å². The van der Waals surface area contributed by atoms with Gasteiger partial charge in [-0.2, -0.15) is 0 Å². The molecule has 1 nitrogen and oxygen atoms in total. The van der Waals surface area contributed by atoms with Gasteiger partial charge in [0.1, 0.15) is 11.2 Å². The van der Waals surface area contributed by atoms with Crippen LogP contribution in [0.25, 0.3) is 88.2 Å². The summed E-state index contributed by atoms with van der Waals surface area (Å²) in [6.45, 7) is 0. The molecule has 1 aliphatic carbocycles. The first-order chi connectivity index (χ1) is 25.8. The highest BCUT2D eigenvalue weighted by Gasteiger charge is 2.27. The predicted molar refractivity (Wildman–Crippen MR) is 220 cm³/mol. The van der Waals surface area contributed by atoms with E-state index in [1.165, 1.54) is 82.4 Å². The third kappa shape index (κ3) is 4.43. The molecule has 1 atom stereocenters. The molecule has 1 heteroatoms. The fourth-order valence-electron chi connectivity index (χ4n) is 8.78. The smallest absolute Gasteiger partial charge is 0.136 e. The maximum Gasteiger partial charge on any atom is 0.136 e. The Morgan fingerprint density at radius 2 is 0.904 bits per heavy atom. The molecule has 1 aromatic heterocycles. The zero-order valence-electron chi connectivity index (χ0n) is 28.4. The lowest BCUT2D eigenvalue weighted by molar-refractivity contribution is 0.669. The minimum Gasteiger partial charge on any atom is -0.456 e. The molecule has 0 saturated heterocycles. The van der Waals surface area contributed by atoms with E-state index >= 15 is 0 Å². The summed E-state index contributed by atoms with van der Waals surface area (Å²) in [6.07, 6.45) is 2.38. The van der Waals surface area contributed by atoms with Gasteiger partial charge in [0.15, 0.2) is 0 Å². The fourth-order valence-corrected chi connectivity index (χ4v) is 8.78. The van der Waals surface area contributed by atoms with Gasteiger partial charge in [-0.05, 0) is 113 Å². The Morgan fingerprint density at radius 3 is 1.62 bits per heavy atom. The van der Waals surface area contributed by atoms with Crippen LogP contribution in [0.2, 0.25) is 0 Å². The molecule has 11 rings (SSSR count). The van der Waals surface area contributed by atoms with E-state index in [9.17, 15) is 0 Å². The molecular formula is C51H32O. The number of fused-ring (bicyclic) bond motifs is 7. The van der Waals surface area contributed by atoms with Crippen molar-refractivity contribution in [1.29, 1.82) is 0 Å². The van der Waals surface area contributed by atoms with E-state index in [0.29, 0.717) is 0 Å². The topological polar surface area (TPSA) is 13.1 Å². The molecule has 0 bridgehead atoms. The van der Waals surface area contributed by atoms with Gasteiger partial charge < -0.3 is 4.42 Å². The van der Waals surface area contributed by atoms with Crippen molar-refractivity contribution in [3.05, 3.63) is 204 Å². The van der Waals surface area contributed by atoms with E-state index in [-0.39, 0.29) is 5.92 Å². The molecule has 0 fully saturated rings. The minimum absolute atomic E-state index is 0.215. The second-order valence-electron chi connectivity index (χ2n) is 14.0. The lowest BCUT2D eigenvalue weighted by atomic mass is 9.83. The van der Waals surface area contributed by atoms with Crippen molar-refractivity contribution in [2.75, 3.05) is 0 Å². The summed E-state index contributed by atoms with van der Waals surface area (Å²) in [5.41, 5.74) is 13.4. The number of furan rings is 1. The molecule has 0 amide bonds. The zero-order valence-corrected chi connectivity index (χ0v) is 28.4. The monoisotopic (exact) mass is 660 g/mol. The van der Waals surface area contributed by atoms with Crippen molar-refractivity contribution in [1.82, 2.24) is 0 Å². The average Bonchev–Trinajstić information content (AvgIpc) is 3.77. The summed E-state index contributed by atoms with van der Waals surface area (Å²) >= 11 is 0. The van der Waals surface area contributed by atoms with Gasteiger partial charge in [-0.1, -0.05) is 158 Å². The lowest BCUT2D eigenvalue weighted by Gasteiger charge is -2.19. The van der Waals surface area contributed by atoms with Crippen molar-refractivity contribution in [2.24, 2.45) is 0 Å². The van der Waals surface area contributed by atoms with Gasteiger partial charge in [-0.3, -0.25) is 0 Å². The van der Waals surface area contributed by atoms with Gasteiger partial charge in [0.25, 0.3) is 0 Å². The molecule has 0 saturated carbocycles. The Kier molecular flexibility index (Phi) is 6.38. The van der Waals surface area contributed by atoms with E-state index in [2.05, 4.69) is 188 Å². The molecular weight excluding hydrogens is 629 g/mol. The molecule has 1 unspecified atom stereocenters. The zero-order chi connectivity index (χ0) is 34.2. The maximum absolute atomic E-state index is 6.40. The van der Waals surface area contributed by atoms with Gasteiger partial charge in [0, 0.05) is 16.7 Å². The standard InChI is InChI=1S/C51H32O/c1-2-12-33(13-3-1)49-39-17-7-6-16-37(39)29-44(49)32-22-24-34(25-23-32)50-40-18-8-10-20-42(40)51(43-21-11-9-19-41(43)50)38-26-27-47-45(30-38)46-28-35-14-4-5-15-36(35)31-48(46)52-47/h1-31,49H. The molecule has 1 heterocycles. The number of rotatable bonds is 4. The van der Waals surface area contributed by atoms with E-state index in [4.69, 9.17) is 4.42 Å². The van der Waals surface area contributed by atoms with Crippen LogP contribution in [0, 0.1) is 0 Å². The molecule has 1 aliphatic rings. The van der Waals surface area contributed by atoms with Gasteiger partial charge >= 0.3 is 0 Å². The van der Waals surface area contributed by atoms with Crippen molar-refractivity contribution in [2.45, 2.75) is 5.92 Å². The molecule has 242 valence electrons. The largest absolute Gasteiger partial charge is 0.456 e. The second kappa shape index (κ2) is 11.4. The highest BCUT2D eigenvalue weighted by molar-refractivity contribution is 6.22. The van der Waals surface area contributed by atoms with Crippen LogP contribution in [0.1, 0.15) is 28.2 Å². The van der Waals surface area contributed by atoms with Crippen LogP contribution in [-0.4, -0.2) is 0 Å². The summed E-state index contributed by atoms with van der Waals surface area (Å²) in [7, 11) is 0. The summed E-state index contributed by atoms with van der Waals surface area (Å²) in [6, 6.07) is 66.4. The molecule has 9 aromatic carbocycles. The van der Waals surface area contributed by atoms with Gasteiger partial charge in [0.05, 0.1) is 0 Å². The highest BCUT2D eigenvalue weighted by atomic mass is 16.3. The van der Waals surface area contributed by atoms with Crippen LogP contribution >= 0.6 is 0 Å². The van der Waals surface area contributed by atoms with E-state index in [0.717, 1.165) is 21.9 Å². The first-order valence-electron chi connectivity index (χ1n) is 18.0. The average molecular weight is 661 g/mol. The SMILES string of the molecule is C1=C(c2ccc(-c3c4ccccc4c(-c4ccc5oc6cc7ccccc7cc6c5c4)c4ccccc34)cc2)C(c2ccccc2)c2ccccc21. The Morgan fingerprint density at radius 1 is 0.365 bits per heavy atom. The molecule has 10 aromatic rings. The number of benzene rings is 9. The van der Waals surface area contributed by atoms with Crippen molar-refractivity contribution in [3.8, 4) is 22.3 Å². The Labute approximate surface area is 301 Å². The number of allylic oxidation sites excluding steroid dienone is 1. The molecule has 0 aliphatic heterocycles. The Balaban J connectivity index is 1.08. The van der Waals surface area contributed by atoms with Crippen molar-refractivity contribution < 1.29 is 4.42 Å². The van der Waals surface area contributed by atoms with Crippen molar-refractivity contribution in [3.63, 3.8) is 0 Å². The van der Waals surface area contributed by atoms with Crippen LogP contribution in [-0.2, 0) is 0 Å². The first-order valence-corrected chi connectivity index (χ1v) is 18.0. The normalized spacial score (nSPS) is 14.1. The molecule has 0 spiro atoms. The molecule has 52 heavy (non-hydrogen) atoms. The highest BCUT2D eigenvalue weighted by Crippen LogP contribution is 2.48. The number of hydrogen-bond acceptors (Lipinski definition) is 1. The van der Waals surface area contributed by atoms with Crippen LogP contribution in [0.4, 0.5) is 0 Å². The van der Waals surface area contributed by atoms with Gasteiger partial charge in [-0.15, -0.1) is 0 Å². The van der Waals surface area contributed by atoms with Crippen LogP contribution in [0.5, 0.6) is 0 Å². The fraction of sp³-hybridized carbons (Fsp3) is 0.0196. The third-order valence-electron chi connectivity index (χ3n) is 11.1. The van der Waals surface area contributed by atoms with Gasteiger partial charge in [0.2, 0.25) is 0 Å². The van der Waals surface area contributed by atoms with Crippen molar-refractivity contribution >= 4 is 65.9 Å². The lowest BCUT2D eigenvalue weighted by Crippen LogP contribution is -2.01. The second-order valence-corrected chi connectivity index (χ2v) is 14.0. The number of hydrogen-bond donors (Lipinski definition) is 0. The van der Waals surface area contributed by atoms with E-state index in [1.807, 2.05) is 0 Å². The Bertz CT molecular complexity index is 2990. The summed E-state index contributed by atoms with van der Waals surface area (Å²) in [4.78, 5) is 0. The van der Waals surface area contributed by atoms with Gasteiger partial charge in [-0.25, -0.2) is 0 Å². The predicted octanol–water partition coefficient (Wildman–Crippen LogP) is 14.1. The summed E-state index contributed by atoms with van der Waals surface area (Å²) in [5.74, 6) is 0.215. The third-order valence-corrected chi connectivity index (χ3v) is 11.1. The van der Waals surface area contributed by atoms with Crippen LogP contribution < -0.4 is 0 Å². The Hall–Kier alpha value is -6.70. The summed E-state index contributed by atoms with van der Waals surface area (Å²) in [5, 5.41) is 9.70. The minimum atomic E-state index is 0.215. The van der Waals surface area contributed by atoms with Crippen LogP contribution in [0.3, 0.4) is 0 Å². The quantitative estimate of drug-likeness (QED) is 0.171.